The van der Waals surface area contributed by atoms with Crippen LogP contribution in [0.1, 0.15) is 47.2 Å². The highest BCUT2D eigenvalue weighted by atomic mass is 15.1. The van der Waals surface area contributed by atoms with E-state index in [0.29, 0.717) is 0 Å². The lowest BCUT2D eigenvalue weighted by Crippen LogP contribution is -2.32. The Kier molecular flexibility index (Phi) is 7.13. The van der Waals surface area contributed by atoms with E-state index in [2.05, 4.69) is 242 Å². The van der Waals surface area contributed by atoms with Gasteiger partial charge in [-0.3, -0.25) is 0 Å². The first kappa shape index (κ1) is 35.6. The fraction of sp³-hybridized carbons (Fsp3) is 0.0645. The number of nitrogens with zero attached hydrogens (tertiary/aromatic N) is 2. The molecule has 0 saturated carbocycles. The molecule has 14 rings (SSSR count). The summed E-state index contributed by atoms with van der Waals surface area (Å²) in [5, 5.41) is 5.11. The Morgan fingerprint density at radius 1 is 0.344 bits per heavy atom. The molecule has 0 amide bonds. The number of hydrogen-bond acceptors (Lipinski definition) is 1. The van der Waals surface area contributed by atoms with Crippen molar-refractivity contribution in [2.45, 2.75) is 24.7 Å². The van der Waals surface area contributed by atoms with Crippen LogP contribution in [0.3, 0.4) is 0 Å². The molecular formula is C62H42N2. The average Bonchev–Trinajstić information content (AvgIpc) is 3.91. The van der Waals surface area contributed by atoms with Gasteiger partial charge in [0.15, 0.2) is 0 Å². The van der Waals surface area contributed by atoms with Gasteiger partial charge in [-0.05, 0) is 132 Å². The first-order valence-corrected chi connectivity index (χ1v) is 22.5. The lowest BCUT2D eigenvalue weighted by molar-refractivity contribution is 0.660. The van der Waals surface area contributed by atoms with Gasteiger partial charge in [-0.1, -0.05) is 178 Å². The second-order valence-electron chi connectivity index (χ2n) is 18.4. The molecule has 0 fully saturated rings. The van der Waals surface area contributed by atoms with E-state index in [1.54, 1.807) is 0 Å². The van der Waals surface area contributed by atoms with E-state index >= 15 is 0 Å². The van der Waals surface area contributed by atoms with Crippen LogP contribution < -0.4 is 4.90 Å². The van der Waals surface area contributed by atoms with Crippen LogP contribution in [0.15, 0.2) is 218 Å². The zero-order valence-corrected chi connectivity index (χ0v) is 35.7. The van der Waals surface area contributed by atoms with Gasteiger partial charge in [-0.25, -0.2) is 0 Å². The zero-order chi connectivity index (χ0) is 42.3. The zero-order valence-electron chi connectivity index (χ0n) is 35.7. The van der Waals surface area contributed by atoms with Gasteiger partial charge in [0, 0.05) is 38.9 Å². The van der Waals surface area contributed by atoms with E-state index in [1.807, 2.05) is 0 Å². The summed E-state index contributed by atoms with van der Waals surface area (Å²) in [4.78, 5) is 2.46. The third-order valence-electron chi connectivity index (χ3n) is 15.0. The molecule has 0 radical (unpaired) electrons. The third-order valence-corrected chi connectivity index (χ3v) is 15.0. The topological polar surface area (TPSA) is 8.17 Å². The van der Waals surface area contributed by atoms with Crippen LogP contribution >= 0.6 is 0 Å². The summed E-state index contributed by atoms with van der Waals surface area (Å²) >= 11 is 0. The molecule has 1 heterocycles. The standard InChI is InChI=1S/C62H42N2/c1-61(2)52-25-10-6-20-44(52)47-33-31-42(36-56(47)61)64-58-29-13-9-23-49(58)50-35-32-43(38-59(50)64)63(40-18-4-3-5-19-40)41-30-34-48-45-21-7-11-26-53(45)62(57(48)37-41)54-27-12-8-22-46(54)51-24-14-16-39-17-15-28-55(62)60(39)51/h3-38H,1-2H3. The number of para-hydroxylation sites is 2. The molecule has 2 nitrogen and oxygen atoms in total. The average molecular weight is 815 g/mol. The maximum atomic E-state index is 2.51. The summed E-state index contributed by atoms with van der Waals surface area (Å²) in [5.41, 5.74) is 22.3. The highest BCUT2D eigenvalue weighted by Crippen LogP contribution is 2.62. The number of benzene rings is 10. The van der Waals surface area contributed by atoms with Crippen molar-refractivity contribution in [2.24, 2.45) is 0 Å². The first-order valence-electron chi connectivity index (χ1n) is 22.5. The Labute approximate surface area is 372 Å². The summed E-state index contributed by atoms with van der Waals surface area (Å²) in [7, 11) is 0. The van der Waals surface area contributed by atoms with Crippen LogP contribution in [0.5, 0.6) is 0 Å². The Hall–Kier alpha value is -7.94. The highest BCUT2D eigenvalue weighted by Gasteiger charge is 2.50. The molecule has 2 heteroatoms. The van der Waals surface area contributed by atoms with E-state index in [9.17, 15) is 0 Å². The molecule has 10 aromatic carbocycles. The SMILES string of the molecule is CC1(C)c2ccccc2-c2ccc(-n3c4ccccc4c4ccc(N(c5ccccc5)c5ccc6c(c5)C5(c7ccccc7-6)c6ccccc6-c6cccc7cccc5c67)cc43)cc21. The van der Waals surface area contributed by atoms with E-state index < -0.39 is 5.41 Å². The van der Waals surface area contributed by atoms with E-state index in [0.717, 1.165) is 17.1 Å². The maximum Gasteiger partial charge on any atom is 0.0726 e. The van der Waals surface area contributed by atoms with Crippen molar-refractivity contribution < 1.29 is 0 Å². The van der Waals surface area contributed by atoms with Crippen LogP contribution in [0.25, 0.3) is 71.6 Å². The number of aromatic nitrogens is 1. The molecule has 3 aliphatic rings. The quantitative estimate of drug-likeness (QED) is 0.172. The molecule has 1 aromatic heterocycles. The molecule has 300 valence electrons. The van der Waals surface area contributed by atoms with E-state index in [-0.39, 0.29) is 5.41 Å². The second kappa shape index (κ2) is 12.8. The summed E-state index contributed by atoms with van der Waals surface area (Å²) < 4.78 is 2.49. The highest BCUT2D eigenvalue weighted by molar-refractivity contribution is 6.11. The minimum absolute atomic E-state index is 0.104. The smallest absolute Gasteiger partial charge is 0.0726 e. The Morgan fingerprint density at radius 3 is 1.69 bits per heavy atom. The minimum atomic E-state index is -0.508. The van der Waals surface area contributed by atoms with Crippen molar-refractivity contribution in [1.29, 1.82) is 0 Å². The summed E-state index contributed by atoms with van der Waals surface area (Å²) in [6.45, 7) is 4.74. The van der Waals surface area contributed by atoms with Crippen molar-refractivity contribution in [3.63, 3.8) is 0 Å². The molecule has 0 saturated heterocycles. The largest absolute Gasteiger partial charge is 0.310 e. The van der Waals surface area contributed by atoms with Gasteiger partial charge in [0.25, 0.3) is 0 Å². The van der Waals surface area contributed by atoms with Crippen molar-refractivity contribution in [3.8, 4) is 39.1 Å². The summed E-state index contributed by atoms with van der Waals surface area (Å²) in [6, 6.07) is 82.1. The number of fused-ring (bicyclic) bond motifs is 15. The van der Waals surface area contributed by atoms with Crippen LogP contribution in [-0.2, 0) is 10.8 Å². The Balaban J connectivity index is 1.02. The molecule has 64 heavy (non-hydrogen) atoms. The number of hydrogen-bond donors (Lipinski definition) is 0. The lowest BCUT2D eigenvalue weighted by Gasteiger charge is -2.40. The Morgan fingerprint density at radius 2 is 0.891 bits per heavy atom. The van der Waals surface area contributed by atoms with Crippen molar-refractivity contribution in [1.82, 2.24) is 4.57 Å². The first-order chi connectivity index (χ1) is 31.5. The molecule has 0 aliphatic heterocycles. The van der Waals surface area contributed by atoms with Gasteiger partial charge in [-0.15, -0.1) is 0 Å². The van der Waals surface area contributed by atoms with Crippen molar-refractivity contribution >= 4 is 49.6 Å². The molecular weight excluding hydrogens is 773 g/mol. The number of rotatable bonds is 4. The van der Waals surface area contributed by atoms with E-state index in [4.69, 9.17) is 0 Å². The second-order valence-corrected chi connectivity index (χ2v) is 18.4. The van der Waals surface area contributed by atoms with Crippen molar-refractivity contribution in [2.75, 3.05) is 4.90 Å². The van der Waals surface area contributed by atoms with Gasteiger partial charge < -0.3 is 9.47 Å². The predicted molar refractivity (Wildman–Crippen MR) is 267 cm³/mol. The van der Waals surface area contributed by atoms with Crippen LogP contribution in [0.2, 0.25) is 0 Å². The van der Waals surface area contributed by atoms with Gasteiger partial charge in [0.1, 0.15) is 0 Å². The maximum absolute atomic E-state index is 2.51. The van der Waals surface area contributed by atoms with Gasteiger partial charge in [0.2, 0.25) is 0 Å². The summed E-state index contributed by atoms with van der Waals surface area (Å²) in [5.74, 6) is 0. The van der Waals surface area contributed by atoms with Gasteiger partial charge >= 0.3 is 0 Å². The third kappa shape index (κ3) is 4.54. The monoisotopic (exact) mass is 814 g/mol. The fourth-order valence-corrected chi connectivity index (χ4v) is 12.3. The van der Waals surface area contributed by atoms with Gasteiger partial charge in [0.05, 0.1) is 16.4 Å². The van der Waals surface area contributed by atoms with Crippen LogP contribution in [-0.4, -0.2) is 4.57 Å². The molecule has 3 aliphatic carbocycles. The molecule has 11 aromatic rings. The Bertz CT molecular complexity index is 3770. The normalized spacial score (nSPS) is 15.8. The molecule has 1 spiro atoms. The van der Waals surface area contributed by atoms with E-state index in [1.165, 1.54) is 105 Å². The number of anilines is 3. The predicted octanol–water partition coefficient (Wildman–Crippen LogP) is 16.1. The minimum Gasteiger partial charge on any atom is -0.310 e. The van der Waals surface area contributed by atoms with Crippen molar-refractivity contribution in [3.05, 3.63) is 252 Å². The molecule has 1 atom stereocenters. The van der Waals surface area contributed by atoms with Crippen LogP contribution in [0, 0.1) is 0 Å². The summed E-state index contributed by atoms with van der Waals surface area (Å²) in [6.07, 6.45) is 0. The van der Waals surface area contributed by atoms with Gasteiger partial charge in [-0.2, -0.15) is 0 Å². The molecule has 0 N–H and O–H groups in total. The molecule has 1 unspecified atom stereocenters. The lowest BCUT2D eigenvalue weighted by atomic mass is 9.61. The fourth-order valence-electron chi connectivity index (χ4n) is 12.3. The molecule has 0 bridgehead atoms. The van der Waals surface area contributed by atoms with Crippen LogP contribution in [0.4, 0.5) is 17.1 Å².